The van der Waals surface area contributed by atoms with Gasteiger partial charge < -0.3 is 10.2 Å². The number of carbonyl (C=O) groups excluding carboxylic acids is 1. The number of hydrogen-bond donors (Lipinski definition) is 1. The molecule has 4 bridgehead atoms. The first-order valence-electron chi connectivity index (χ1n) is 8.67. The van der Waals surface area contributed by atoms with Crippen LogP contribution in [0.25, 0.3) is 0 Å². The zero-order chi connectivity index (χ0) is 14.4. The van der Waals surface area contributed by atoms with E-state index in [1.54, 1.807) is 4.90 Å². The molecule has 0 aromatic rings. The van der Waals surface area contributed by atoms with E-state index in [-0.39, 0.29) is 11.9 Å². The number of hydrogen-bond acceptors (Lipinski definition) is 3. The standard InChI is InChI=1S/C17H25N3O/c18-9-15-2-1-3-20(15)16(21)10-19-17-13-5-11-4-12(7-13)8-14(17)6-11/h11-15,17,19H,1-8,10H2/t11?,12?,13?,14?,15-,17?/m0/s1. The molecule has 0 aromatic carbocycles. The van der Waals surface area contributed by atoms with Crippen LogP contribution in [0.4, 0.5) is 0 Å². The monoisotopic (exact) mass is 287 g/mol. The quantitative estimate of drug-likeness (QED) is 0.862. The molecular weight excluding hydrogens is 262 g/mol. The summed E-state index contributed by atoms with van der Waals surface area (Å²) in [7, 11) is 0. The van der Waals surface area contributed by atoms with Gasteiger partial charge in [0.2, 0.25) is 5.91 Å². The first kappa shape index (κ1) is 13.6. The molecule has 1 aliphatic heterocycles. The molecule has 1 saturated heterocycles. The largest absolute Gasteiger partial charge is 0.326 e. The maximum atomic E-state index is 12.4. The van der Waals surface area contributed by atoms with E-state index < -0.39 is 0 Å². The van der Waals surface area contributed by atoms with E-state index in [9.17, 15) is 4.79 Å². The van der Waals surface area contributed by atoms with E-state index in [2.05, 4.69) is 11.4 Å². The van der Waals surface area contributed by atoms with Crippen molar-refractivity contribution in [2.75, 3.05) is 13.1 Å². The Kier molecular flexibility index (Phi) is 3.41. The van der Waals surface area contributed by atoms with Gasteiger partial charge in [0, 0.05) is 12.6 Å². The van der Waals surface area contributed by atoms with Crippen molar-refractivity contribution in [1.82, 2.24) is 10.2 Å². The maximum Gasteiger partial charge on any atom is 0.237 e. The highest BCUT2D eigenvalue weighted by atomic mass is 16.2. The summed E-state index contributed by atoms with van der Waals surface area (Å²) in [5.74, 6) is 3.69. The fourth-order valence-corrected chi connectivity index (χ4v) is 5.76. The predicted octanol–water partition coefficient (Wildman–Crippen LogP) is 1.92. The van der Waals surface area contributed by atoms with Gasteiger partial charge in [-0.05, 0) is 68.6 Å². The maximum absolute atomic E-state index is 12.4. The van der Waals surface area contributed by atoms with Gasteiger partial charge in [-0.2, -0.15) is 5.26 Å². The van der Waals surface area contributed by atoms with Crippen molar-refractivity contribution in [3.05, 3.63) is 0 Å². The molecule has 5 aliphatic rings. The van der Waals surface area contributed by atoms with Crippen molar-refractivity contribution in [2.45, 2.75) is 57.0 Å². The van der Waals surface area contributed by atoms with Gasteiger partial charge in [-0.25, -0.2) is 0 Å². The van der Waals surface area contributed by atoms with Crippen molar-refractivity contribution in [1.29, 1.82) is 5.26 Å². The molecule has 0 spiro atoms. The van der Waals surface area contributed by atoms with Gasteiger partial charge in [0.25, 0.3) is 0 Å². The molecule has 1 amide bonds. The predicted molar refractivity (Wildman–Crippen MR) is 79.2 cm³/mol. The lowest BCUT2D eigenvalue weighted by Gasteiger charge is -2.54. The lowest BCUT2D eigenvalue weighted by Crippen LogP contribution is -2.56. The number of amides is 1. The van der Waals surface area contributed by atoms with E-state index in [1.807, 2.05) is 0 Å². The van der Waals surface area contributed by atoms with Gasteiger partial charge in [0.1, 0.15) is 6.04 Å². The molecule has 4 aliphatic carbocycles. The van der Waals surface area contributed by atoms with Crippen LogP contribution in [0.1, 0.15) is 44.9 Å². The molecule has 0 unspecified atom stereocenters. The van der Waals surface area contributed by atoms with Crippen molar-refractivity contribution >= 4 is 5.91 Å². The molecular formula is C17H25N3O. The van der Waals surface area contributed by atoms with E-state index in [4.69, 9.17) is 5.26 Å². The van der Waals surface area contributed by atoms with Crippen LogP contribution in [0.2, 0.25) is 0 Å². The van der Waals surface area contributed by atoms with E-state index in [1.165, 1.54) is 32.1 Å². The van der Waals surface area contributed by atoms with Crippen LogP contribution >= 0.6 is 0 Å². The number of nitrogens with zero attached hydrogens (tertiary/aromatic N) is 2. The SMILES string of the molecule is N#C[C@@H]1CCCN1C(=O)CNC1C2CC3CC(C2)CC1C3. The Morgan fingerprint density at radius 2 is 1.81 bits per heavy atom. The Labute approximate surface area is 126 Å². The Morgan fingerprint density at radius 3 is 2.43 bits per heavy atom. The lowest BCUT2D eigenvalue weighted by molar-refractivity contribution is -0.130. The van der Waals surface area contributed by atoms with Crippen molar-refractivity contribution in [3.63, 3.8) is 0 Å². The molecule has 0 aromatic heterocycles. The van der Waals surface area contributed by atoms with Gasteiger partial charge in [-0.1, -0.05) is 0 Å². The fraction of sp³-hybridized carbons (Fsp3) is 0.882. The Morgan fingerprint density at radius 1 is 1.14 bits per heavy atom. The number of nitrogens with one attached hydrogen (secondary N) is 1. The second kappa shape index (κ2) is 5.28. The second-order valence-corrected chi connectivity index (χ2v) is 7.71. The number of carbonyl (C=O) groups is 1. The summed E-state index contributed by atoms with van der Waals surface area (Å²) < 4.78 is 0. The highest BCUT2D eigenvalue weighted by Gasteiger charge is 2.48. The van der Waals surface area contributed by atoms with Gasteiger partial charge in [-0.3, -0.25) is 4.79 Å². The van der Waals surface area contributed by atoms with Gasteiger partial charge in [-0.15, -0.1) is 0 Å². The van der Waals surface area contributed by atoms with Crippen molar-refractivity contribution in [3.8, 4) is 6.07 Å². The highest BCUT2D eigenvalue weighted by molar-refractivity contribution is 5.79. The third kappa shape index (κ3) is 2.36. The van der Waals surface area contributed by atoms with E-state index in [0.717, 1.165) is 43.1 Å². The Bertz CT molecular complexity index is 441. The number of nitriles is 1. The minimum absolute atomic E-state index is 0.132. The van der Waals surface area contributed by atoms with Gasteiger partial charge in [0.05, 0.1) is 12.6 Å². The minimum Gasteiger partial charge on any atom is -0.326 e. The molecule has 114 valence electrons. The van der Waals surface area contributed by atoms with Crippen LogP contribution in [0.3, 0.4) is 0 Å². The average molecular weight is 287 g/mol. The third-order valence-electron chi connectivity index (χ3n) is 6.44. The Hall–Kier alpha value is -1.08. The molecule has 21 heavy (non-hydrogen) atoms. The lowest BCUT2D eigenvalue weighted by atomic mass is 9.54. The topological polar surface area (TPSA) is 56.1 Å². The second-order valence-electron chi connectivity index (χ2n) is 7.71. The summed E-state index contributed by atoms with van der Waals surface area (Å²) in [4.78, 5) is 14.1. The molecule has 4 saturated carbocycles. The van der Waals surface area contributed by atoms with E-state index in [0.29, 0.717) is 12.6 Å². The summed E-state index contributed by atoms with van der Waals surface area (Å²) in [6.07, 6.45) is 8.80. The molecule has 1 N–H and O–H groups in total. The van der Waals surface area contributed by atoms with Gasteiger partial charge in [0.15, 0.2) is 0 Å². The summed E-state index contributed by atoms with van der Waals surface area (Å²) in [5.41, 5.74) is 0. The van der Waals surface area contributed by atoms with Crippen LogP contribution in [0.15, 0.2) is 0 Å². The zero-order valence-electron chi connectivity index (χ0n) is 12.6. The van der Waals surface area contributed by atoms with E-state index >= 15 is 0 Å². The highest BCUT2D eigenvalue weighted by Crippen LogP contribution is 2.53. The van der Waals surface area contributed by atoms with Crippen LogP contribution in [0.5, 0.6) is 0 Å². The zero-order valence-corrected chi connectivity index (χ0v) is 12.6. The van der Waals surface area contributed by atoms with Crippen LogP contribution in [0, 0.1) is 35.0 Å². The first-order chi connectivity index (χ1) is 10.2. The molecule has 4 nitrogen and oxygen atoms in total. The summed E-state index contributed by atoms with van der Waals surface area (Å²) in [6.45, 7) is 1.20. The Balaban J connectivity index is 1.35. The molecule has 5 fully saturated rings. The smallest absolute Gasteiger partial charge is 0.237 e. The van der Waals surface area contributed by atoms with Crippen LogP contribution in [-0.4, -0.2) is 36.0 Å². The van der Waals surface area contributed by atoms with Crippen LogP contribution < -0.4 is 5.32 Å². The minimum atomic E-state index is -0.183. The third-order valence-corrected chi connectivity index (χ3v) is 6.44. The molecule has 1 atom stereocenters. The van der Waals surface area contributed by atoms with Crippen molar-refractivity contribution < 1.29 is 4.79 Å². The summed E-state index contributed by atoms with van der Waals surface area (Å²) >= 11 is 0. The molecule has 1 heterocycles. The average Bonchev–Trinajstić information content (AvgIpc) is 2.94. The van der Waals surface area contributed by atoms with Crippen molar-refractivity contribution in [2.24, 2.45) is 23.7 Å². The summed E-state index contributed by atoms with van der Waals surface area (Å²) in [6, 6.07) is 2.64. The molecule has 4 heteroatoms. The number of likely N-dealkylation sites (tertiary alicyclic amines) is 1. The van der Waals surface area contributed by atoms with Gasteiger partial charge >= 0.3 is 0 Å². The molecule has 0 radical (unpaired) electrons. The normalized spacial score (nSPS) is 44.0. The first-order valence-corrected chi connectivity index (χ1v) is 8.67. The summed E-state index contributed by atoms with van der Waals surface area (Å²) in [5, 5.41) is 12.7. The number of rotatable bonds is 3. The fourth-order valence-electron chi connectivity index (χ4n) is 5.76. The molecule has 5 rings (SSSR count). The van der Waals surface area contributed by atoms with Crippen LogP contribution in [-0.2, 0) is 4.79 Å².